The number of nitrogens with one attached hydrogen (secondary N) is 1. The van der Waals surface area contributed by atoms with E-state index in [1.807, 2.05) is 24.3 Å². The molecular formula is C11H8Cl2N2O. The lowest BCUT2D eigenvalue weighted by atomic mass is 10.2. The number of anilines is 1. The smallest absolute Gasteiger partial charge is 0.257 e. The van der Waals surface area contributed by atoms with E-state index in [1.54, 1.807) is 12.3 Å². The highest BCUT2D eigenvalue weighted by Gasteiger charge is 2.12. The summed E-state index contributed by atoms with van der Waals surface area (Å²) in [7, 11) is 0. The second kappa shape index (κ2) is 4.68. The fraction of sp³-hybridized carbons (Fsp3) is 0.0909. The van der Waals surface area contributed by atoms with Crippen molar-refractivity contribution in [1.29, 1.82) is 0 Å². The highest BCUT2D eigenvalue weighted by Crippen LogP contribution is 2.21. The van der Waals surface area contributed by atoms with Crippen molar-refractivity contribution in [2.75, 3.05) is 5.32 Å². The highest BCUT2D eigenvalue weighted by molar-refractivity contribution is 6.54. The van der Waals surface area contributed by atoms with Gasteiger partial charge in [0.15, 0.2) is 4.84 Å². The third-order valence-corrected chi connectivity index (χ3v) is 2.49. The largest absolute Gasteiger partial charge is 0.322 e. The predicted octanol–water partition coefficient (Wildman–Crippen LogP) is 2.98. The first-order chi connectivity index (χ1) is 7.68. The molecular weight excluding hydrogens is 247 g/mol. The number of nitrogens with zero attached hydrogens (tertiary/aromatic N) is 1. The lowest BCUT2D eigenvalue weighted by Crippen LogP contribution is -2.18. The van der Waals surface area contributed by atoms with Gasteiger partial charge in [0.2, 0.25) is 0 Å². The molecule has 0 saturated heterocycles. The van der Waals surface area contributed by atoms with Crippen LogP contribution in [-0.4, -0.2) is 15.7 Å². The zero-order valence-corrected chi connectivity index (χ0v) is 9.66. The summed E-state index contributed by atoms with van der Waals surface area (Å²) in [5, 5.41) is 3.56. The minimum atomic E-state index is -1.08. The van der Waals surface area contributed by atoms with Gasteiger partial charge in [-0.25, -0.2) is 0 Å². The van der Waals surface area contributed by atoms with Crippen LogP contribution in [-0.2, 0) is 4.79 Å². The number of para-hydroxylation sites is 1. The third-order valence-electron chi connectivity index (χ3n) is 2.09. The Bertz CT molecular complexity index is 523. The van der Waals surface area contributed by atoms with Gasteiger partial charge in [0, 0.05) is 11.6 Å². The average molecular weight is 255 g/mol. The van der Waals surface area contributed by atoms with Crippen LogP contribution >= 0.6 is 23.2 Å². The summed E-state index contributed by atoms with van der Waals surface area (Å²) in [6, 6.07) is 9.24. The van der Waals surface area contributed by atoms with E-state index < -0.39 is 10.7 Å². The Morgan fingerprint density at radius 2 is 2.00 bits per heavy atom. The molecule has 1 aromatic heterocycles. The molecule has 5 heteroatoms. The van der Waals surface area contributed by atoms with E-state index in [0.717, 1.165) is 5.39 Å². The Hall–Kier alpha value is -1.32. The summed E-state index contributed by atoms with van der Waals surface area (Å²) in [6.07, 6.45) is 1.66. The second-order valence-corrected chi connectivity index (χ2v) is 4.27. The molecule has 0 radical (unpaired) electrons. The third kappa shape index (κ3) is 2.26. The number of pyridine rings is 1. The number of rotatable bonds is 2. The summed E-state index contributed by atoms with van der Waals surface area (Å²) in [5.74, 6) is -0.457. The molecule has 2 rings (SSSR count). The number of benzene rings is 1. The number of amides is 1. The predicted molar refractivity (Wildman–Crippen MR) is 65.9 cm³/mol. The van der Waals surface area contributed by atoms with Crippen molar-refractivity contribution in [3.8, 4) is 0 Å². The summed E-state index contributed by atoms with van der Waals surface area (Å²) in [5.41, 5.74) is 1.32. The normalized spacial score (nSPS) is 10.7. The van der Waals surface area contributed by atoms with Gasteiger partial charge in [-0.3, -0.25) is 9.78 Å². The number of alkyl halides is 2. The van der Waals surface area contributed by atoms with Crippen LogP contribution in [0.5, 0.6) is 0 Å². The van der Waals surface area contributed by atoms with Crippen LogP contribution in [0.25, 0.3) is 10.9 Å². The summed E-state index contributed by atoms with van der Waals surface area (Å²) in [6.45, 7) is 0. The van der Waals surface area contributed by atoms with Gasteiger partial charge in [0.05, 0.1) is 11.2 Å². The molecule has 1 heterocycles. The first kappa shape index (κ1) is 11.2. The van der Waals surface area contributed by atoms with Crippen LogP contribution in [0, 0.1) is 0 Å². The second-order valence-electron chi connectivity index (χ2n) is 3.17. The number of halogens is 2. The van der Waals surface area contributed by atoms with Crippen molar-refractivity contribution in [3.63, 3.8) is 0 Å². The van der Waals surface area contributed by atoms with E-state index in [0.29, 0.717) is 11.2 Å². The summed E-state index contributed by atoms with van der Waals surface area (Å²) in [4.78, 5) is 14.5. The number of fused-ring (bicyclic) bond motifs is 1. The standard InChI is InChI=1S/C11H8Cl2N2O/c12-10(13)11(16)15-8-5-1-3-7-4-2-6-14-9(7)8/h1-6,10H,(H,15,16). The number of carbonyl (C=O) groups is 1. The summed E-state index contributed by atoms with van der Waals surface area (Å²) < 4.78 is 0. The molecule has 0 unspecified atom stereocenters. The van der Waals surface area contributed by atoms with Crippen LogP contribution in [0.2, 0.25) is 0 Å². The van der Waals surface area contributed by atoms with Gasteiger partial charge in [-0.2, -0.15) is 0 Å². The van der Waals surface area contributed by atoms with E-state index in [4.69, 9.17) is 23.2 Å². The molecule has 1 amide bonds. The van der Waals surface area contributed by atoms with E-state index in [-0.39, 0.29) is 0 Å². The molecule has 0 saturated carbocycles. The molecule has 0 fully saturated rings. The molecule has 82 valence electrons. The first-order valence-electron chi connectivity index (χ1n) is 4.61. The Labute approximate surface area is 102 Å². The minimum Gasteiger partial charge on any atom is -0.322 e. The molecule has 1 aromatic carbocycles. The van der Waals surface area contributed by atoms with Crippen LogP contribution in [0.3, 0.4) is 0 Å². The first-order valence-corrected chi connectivity index (χ1v) is 5.48. The molecule has 0 atom stereocenters. The van der Waals surface area contributed by atoms with Gasteiger partial charge in [0.1, 0.15) is 0 Å². The van der Waals surface area contributed by atoms with Crippen molar-refractivity contribution in [1.82, 2.24) is 4.98 Å². The SMILES string of the molecule is O=C(Nc1cccc2cccnc12)C(Cl)Cl. The van der Waals surface area contributed by atoms with E-state index in [2.05, 4.69) is 10.3 Å². The maximum absolute atomic E-state index is 11.4. The van der Waals surface area contributed by atoms with Gasteiger partial charge in [-0.1, -0.05) is 41.4 Å². The Morgan fingerprint density at radius 3 is 2.75 bits per heavy atom. The molecule has 0 aliphatic rings. The molecule has 2 aromatic rings. The number of hydrogen-bond acceptors (Lipinski definition) is 2. The van der Waals surface area contributed by atoms with E-state index >= 15 is 0 Å². The van der Waals surface area contributed by atoms with Gasteiger partial charge in [-0.15, -0.1) is 0 Å². The van der Waals surface area contributed by atoms with Crippen LogP contribution in [0.4, 0.5) is 5.69 Å². The van der Waals surface area contributed by atoms with Gasteiger partial charge < -0.3 is 5.32 Å². The fourth-order valence-electron chi connectivity index (χ4n) is 1.39. The van der Waals surface area contributed by atoms with Crippen LogP contribution in [0.1, 0.15) is 0 Å². The quantitative estimate of drug-likeness (QED) is 0.838. The van der Waals surface area contributed by atoms with Gasteiger partial charge in [0.25, 0.3) is 5.91 Å². The lowest BCUT2D eigenvalue weighted by molar-refractivity contribution is -0.114. The van der Waals surface area contributed by atoms with Crippen molar-refractivity contribution in [2.24, 2.45) is 0 Å². The molecule has 3 nitrogen and oxygen atoms in total. The maximum atomic E-state index is 11.4. The number of hydrogen-bond donors (Lipinski definition) is 1. The van der Waals surface area contributed by atoms with E-state index in [1.165, 1.54) is 0 Å². The Morgan fingerprint density at radius 1 is 1.25 bits per heavy atom. The lowest BCUT2D eigenvalue weighted by Gasteiger charge is -2.07. The maximum Gasteiger partial charge on any atom is 0.257 e. The van der Waals surface area contributed by atoms with E-state index in [9.17, 15) is 4.79 Å². The highest BCUT2D eigenvalue weighted by atomic mass is 35.5. The molecule has 0 bridgehead atoms. The minimum absolute atomic E-state index is 0.457. The molecule has 1 N–H and O–H groups in total. The summed E-state index contributed by atoms with van der Waals surface area (Å²) >= 11 is 10.9. The average Bonchev–Trinajstić information content (AvgIpc) is 2.29. The van der Waals surface area contributed by atoms with Crippen molar-refractivity contribution >= 4 is 45.7 Å². The molecule has 16 heavy (non-hydrogen) atoms. The van der Waals surface area contributed by atoms with Crippen molar-refractivity contribution in [2.45, 2.75) is 4.84 Å². The van der Waals surface area contributed by atoms with Crippen molar-refractivity contribution < 1.29 is 4.79 Å². The molecule has 0 spiro atoms. The molecule has 0 aliphatic carbocycles. The number of aromatic nitrogens is 1. The number of carbonyl (C=O) groups excluding carboxylic acids is 1. The monoisotopic (exact) mass is 254 g/mol. The zero-order chi connectivity index (χ0) is 11.5. The van der Waals surface area contributed by atoms with Gasteiger partial charge >= 0.3 is 0 Å². The van der Waals surface area contributed by atoms with Gasteiger partial charge in [-0.05, 0) is 12.1 Å². The van der Waals surface area contributed by atoms with Crippen molar-refractivity contribution in [3.05, 3.63) is 36.5 Å². The van der Waals surface area contributed by atoms with Crippen LogP contribution < -0.4 is 5.32 Å². The molecule has 0 aliphatic heterocycles. The van der Waals surface area contributed by atoms with Crippen LogP contribution in [0.15, 0.2) is 36.5 Å². The topological polar surface area (TPSA) is 42.0 Å². The Balaban J connectivity index is 2.41. The zero-order valence-electron chi connectivity index (χ0n) is 8.15. The Kier molecular flexibility index (Phi) is 3.27. The fourth-order valence-corrected chi connectivity index (χ4v) is 1.50.